The minimum Gasteiger partial charge on any atom is -0.306 e. The molecule has 0 bridgehead atoms. The van der Waals surface area contributed by atoms with Crippen LogP contribution in [-0.2, 0) is 6.54 Å². The monoisotopic (exact) mass is 382 g/mol. The third-order valence-electron chi connectivity index (χ3n) is 3.16. The zero-order valence-electron chi connectivity index (χ0n) is 11.0. The van der Waals surface area contributed by atoms with Gasteiger partial charge in [0.2, 0.25) is 0 Å². The van der Waals surface area contributed by atoms with Crippen LogP contribution in [0.2, 0.25) is 0 Å². The van der Waals surface area contributed by atoms with Crippen LogP contribution >= 0.6 is 31.9 Å². The number of aryl methyl sites for hydroxylation is 1. The molecule has 1 heterocycles. The molecule has 2 nitrogen and oxygen atoms in total. The number of aromatic nitrogens is 1. The fraction of sp³-hybridized carbons (Fsp3) is 0.267. The average molecular weight is 384 g/mol. The average Bonchev–Trinajstić information content (AvgIpc) is 2.37. The van der Waals surface area contributed by atoms with Gasteiger partial charge in [-0.2, -0.15) is 0 Å². The van der Waals surface area contributed by atoms with Crippen molar-refractivity contribution in [1.82, 2.24) is 10.3 Å². The Morgan fingerprint density at radius 3 is 2.74 bits per heavy atom. The molecule has 0 radical (unpaired) electrons. The summed E-state index contributed by atoms with van der Waals surface area (Å²) in [6, 6.07) is 8.62. The Kier molecular flexibility index (Phi) is 5.13. The molecule has 0 aliphatic heterocycles. The minimum atomic E-state index is 0.287. The van der Waals surface area contributed by atoms with Gasteiger partial charge in [-0.05, 0) is 48.7 Å². The Bertz CT molecular complexity index is 570. The molecule has 0 aliphatic carbocycles. The smallest absolute Gasteiger partial charge is 0.0306 e. The zero-order chi connectivity index (χ0) is 13.8. The van der Waals surface area contributed by atoms with E-state index in [4.69, 9.17) is 0 Å². The Balaban J connectivity index is 2.05. The first kappa shape index (κ1) is 14.7. The van der Waals surface area contributed by atoms with Gasteiger partial charge in [-0.1, -0.05) is 37.9 Å². The second-order valence-electron chi connectivity index (χ2n) is 4.57. The van der Waals surface area contributed by atoms with Crippen LogP contribution in [0.25, 0.3) is 0 Å². The number of nitrogens with one attached hydrogen (secondary N) is 1. The van der Waals surface area contributed by atoms with E-state index in [9.17, 15) is 0 Å². The van der Waals surface area contributed by atoms with Crippen molar-refractivity contribution in [2.75, 3.05) is 0 Å². The lowest BCUT2D eigenvalue weighted by Gasteiger charge is -2.17. The summed E-state index contributed by atoms with van der Waals surface area (Å²) in [7, 11) is 0. The van der Waals surface area contributed by atoms with Crippen LogP contribution in [0, 0.1) is 6.92 Å². The van der Waals surface area contributed by atoms with Gasteiger partial charge < -0.3 is 5.32 Å². The summed E-state index contributed by atoms with van der Waals surface area (Å²) in [4.78, 5) is 4.11. The summed E-state index contributed by atoms with van der Waals surface area (Å²) in [6.07, 6.45) is 3.74. The maximum Gasteiger partial charge on any atom is 0.0306 e. The van der Waals surface area contributed by atoms with Gasteiger partial charge in [0, 0.05) is 33.9 Å². The fourth-order valence-electron chi connectivity index (χ4n) is 1.93. The maximum atomic E-state index is 4.11. The van der Waals surface area contributed by atoms with Gasteiger partial charge >= 0.3 is 0 Å². The molecule has 1 N–H and O–H groups in total. The van der Waals surface area contributed by atoms with Crippen molar-refractivity contribution in [3.63, 3.8) is 0 Å². The van der Waals surface area contributed by atoms with Crippen LogP contribution in [0.1, 0.15) is 29.7 Å². The molecule has 4 heteroatoms. The molecule has 0 saturated carbocycles. The third kappa shape index (κ3) is 3.88. The van der Waals surface area contributed by atoms with E-state index in [1.54, 1.807) is 0 Å². The standard InChI is InChI=1S/C15H16Br2N2/c1-10-8-18-6-5-12(10)9-19-11(2)14-4-3-13(16)7-15(14)17/h3-8,11,19H,9H2,1-2H3. The molecule has 0 aliphatic rings. The van der Waals surface area contributed by atoms with Crippen molar-refractivity contribution in [1.29, 1.82) is 0 Å². The number of hydrogen-bond acceptors (Lipinski definition) is 2. The maximum absolute atomic E-state index is 4.11. The van der Waals surface area contributed by atoms with Gasteiger partial charge in [-0.3, -0.25) is 4.98 Å². The number of nitrogens with zero attached hydrogens (tertiary/aromatic N) is 1. The first-order chi connectivity index (χ1) is 9.08. The molecule has 1 aromatic heterocycles. The van der Waals surface area contributed by atoms with E-state index in [0.717, 1.165) is 15.5 Å². The molecule has 1 unspecified atom stereocenters. The van der Waals surface area contributed by atoms with Gasteiger partial charge in [-0.25, -0.2) is 0 Å². The SMILES string of the molecule is Cc1cnccc1CNC(C)c1ccc(Br)cc1Br. The van der Waals surface area contributed by atoms with E-state index in [2.05, 4.69) is 80.3 Å². The van der Waals surface area contributed by atoms with Gasteiger partial charge in [0.1, 0.15) is 0 Å². The fourth-order valence-corrected chi connectivity index (χ4v) is 3.32. The van der Waals surface area contributed by atoms with Crippen molar-refractivity contribution < 1.29 is 0 Å². The van der Waals surface area contributed by atoms with Gasteiger partial charge in [0.15, 0.2) is 0 Å². The normalized spacial score (nSPS) is 12.4. The van der Waals surface area contributed by atoms with Crippen LogP contribution < -0.4 is 5.32 Å². The molecule has 100 valence electrons. The molecule has 0 fully saturated rings. The number of rotatable bonds is 4. The number of hydrogen-bond donors (Lipinski definition) is 1. The van der Waals surface area contributed by atoms with Crippen molar-refractivity contribution in [3.8, 4) is 0 Å². The lowest BCUT2D eigenvalue weighted by atomic mass is 10.1. The van der Waals surface area contributed by atoms with E-state index in [-0.39, 0.29) is 6.04 Å². The molecule has 0 spiro atoms. The van der Waals surface area contributed by atoms with E-state index in [0.29, 0.717) is 0 Å². The Morgan fingerprint density at radius 1 is 1.26 bits per heavy atom. The lowest BCUT2D eigenvalue weighted by molar-refractivity contribution is 0.571. The second kappa shape index (κ2) is 6.64. The van der Waals surface area contributed by atoms with E-state index in [1.165, 1.54) is 16.7 Å². The largest absolute Gasteiger partial charge is 0.306 e. The molecule has 2 rings (SSSR count). The number of benzene rings is 1. The first-order valence-electron chi connectivity index (χ1n) is 6.15. The summed E-state index contributed by atoms with van der Waals surface area (Å²) >= 11 is 7.08. The van der Waals surface area contributed by atoms with Crippen molar-refractivity contribution in [2.24, 2.45) is 0 Å². The summed E-state index contributed by atoms with van der Waals surface area (Å²) in [5.74, 6) is 0. The van der Waals surface area contributed by atoms with Crippen LogP contribution in [0.15, 0.2) is 45.6 Å². The van der Waals surface area contributed by atoms with Gasteiger partial charge in [0.05, 0.1) is 0 Å². The molecule has 19 heavy (non-hydrogen) atoms. The summed E-state index contributed by atoms with van der Waals surface area (Å²) in [5.41, 5.74) is 3.77. The Morgan fingerprint density at radius 2 is 2.05 bits per heavy atom. The predicted molar refractivity (Wildman–Crippen MR) is 86.1 cm³/mol. The van der Waals surface area contributed by atoms with E-state index < -0.39 is 0 Å². The lowest BCUT2D eigenvalue weighted by Crippen LogP contribution is -2.19. The highest BCUT2D eigenvalue weighted by Crippen LogP contribution is 2.27. The Labute approximate surface area is 130 Å². The van der Waals surface area contributed by atoms with Crippen molar-refractivity contribution in [3.05, 3.63) is 62.3 Å². The molecule has 1 atom stereocenters. The van der Waals surface area contributed by atoms with Crippen LogP contribution in [0.3, 0.4) is 0 Å². The van der Waals surface area contributed by atoms with E-state index >= 15 is 0 Å². The topological polar surface area (TPSA) is 24.9 Å². The number of halogens is 2. The quantitative estimate of drug-likeness (QED) is 0.822. The zero-order valence-corrected chi connectivity index (χ0v) is 14.1. The second-order valence-corrected chi connectivity index (χ2v) is 6.34. The highest BCUT2D eigenvalue weighted by Gasteiger charge is 2.09. The predicted octanol–water partition coefficient (Wildman–Crippen LogP) is 4.77. The summed E-state index contributed by atoms with van der Waals surface area (Å²) in [6.45, 7) is 5.10. The Hall–Kier alpha value is -0.710. The molecule has 0 saturated heterocycles. The van der Waals surface area contributed by atoms with Gasteiger partial charge in [-0.15, -0.1) is 0 Å². The van der Waals surface area contributed by atoms with Crippen LogP contribution in [0.5, 0.6) is 0 Å². The highest BCUT2D eigenvalue weighted by atomic mass is 79.9. The molecule has 1 aromatic carbocycles. The number of pyridine rings is 1. The molecular weight excluding hydrogens is 368 g/mol. The van der Waals surface area contributed by atoms with Gasteiger partial charge in [0.25, 0.3) is 0 Å². The molecule has 2 aromatic rings. The van der Waals surface area contributed by atoms with Crippen LogP contribution in [0.4, 0.5) is 0 Å². The van der Waals surface area contributed by atoms with Crippen molar-refractivity contribution in [2.45, 2.75) is 26.4 Å². The third-order valence-corrected chi connectivity index (χ3v) is 4.34. The first-order valence-corrected chi connectivity index (χ1v) is 7.74. The molecular formula is C15H16Br2N2. The summed E-state index contributed by atoms with van der Waals surface area (Å²) < 4.78 is 2.20. The highest BCUT2D eigenvalue weighted by molar-refractivity contribution is 9.11. The summed E-state index contributed by atoms with van der Waals surface area (Å²) in [5, 5.41) is 3.54. The minimum absolute atomic E-state index is 0.287. The molecule has 0 amide bonds. The van der Waals surface area contributed by atoms with Crippen LogP contribution in [-0.4, -0.2) is 4.98 Å². The van der Waals surface area contributed by atoms with E-state index in [1.807, 2.05) is 12.4 Å². The van der Waals surface area contributed by atoms with Crippen molar-refractivity contribution >= 4 is 31.9 Å².